The monoisotopic (exact) mass is 427 g/mol. The number of aryl methyl sites for hydroxylation is 1. The van der Waals surface area contributed by atoms with Crippen molar-refractivity contribution in [3.8, 4) is 11.3 Å². The highest BCUT2D eigenvalue weighted by atomic mass is 35.5. The molecule has 5 rings (SSSR count). The van der Waals surface area contributed by atoms with E-state index in [1.54, 1.807) is 6.08 Å². The van der Waals surface area contributed by atoms with E-state index in [9.17, 15) is 4.79 Å². The smallest absolute Gasteiger partial charge is 0.248 e. The van der Waals surface area contributed by atoms with Gasteiger partial charge in [0, 0.05) is 39.2 Å². The first-order chi connectivity index (χ1) is 15.1. The van der Waals surface area contributed by atoms with Gasteiger partial charge in [-0.1, -0.05) is 41.9 Å². The fourth-order valence-corrected chi connectivity index (χ4v) is 3.67. The molecular weight excluding hydrogens is 410 g/mol. The number of hydrogen-bond donors (Lipinski definition) is 1. The molecule has 0 bridgehead atoms. The summed E-state index contributed by atoms with van der Waals surface area (Å²) in [6, 6.07) is 22.9. The number of hydrogen-bond acceptors (Lipinski definition) is 3. The van der Waals surface area contributed by atoms with Crippen molar-refractivity contribution in [2.24, 2.45) is 0 Å². The van der Waals surface area contributed by atoms with Gasteiger partial charge in [-0.05, 0) is 55.0 Å². The highest BCUT2D eigenvalue weighted by Gasteiger charge is 2.08. The first-order valence-corrected chi connectivity index (χ1v) is 10.2. The Labute approximate surface area is 183 Å². The summed E-state index contributed by atoms with van der Waals surface area (Å²) in [5.41, 5.74) is 4.11. The van der Waals surface area contributed by atoms with Crippen molar-refractivity contribution in [2.45, 2.75) is 6.92 Å². The lowest BCUT2D eigenvalue weighted by atomic mass is 10.1. The molecule has 0 fully saturated rings. The van der Waals surface area contributed by atoms with Crippen molar-refractivity contribution in [1.82, 2.24) is 0 Å². The Morgan fingerprint density at radius 3 is 2.61 bits per heavy atom. The molecule has 31 heavy (non-hydrogen) atoms. The van der Waals surface area contributed by atoms with E-state index >= 15 is 0 Å². The molecule has 5 heteroatoms. The lowest BCUT2D eigenvalue weighted by Crippen LogP contribution is -2.07. The van der Waals surface area contributed by atoms with Crippen LogP contribution < -0.4 is 5.32 Å². The Kier molecular flexibility index (Phi) is 4.85. The normalized spacial score (nSPS) is 11.5. The summed E-state index contributed by atoms with van der Waals surface area (Å²) in [6.45, 7) is 1.95. The van der Waals surface area contributed by atoms with E-state index in [0.717, 1.165) is 33.1 Å². The van der Waals surface area contributed by atoms with Gasteiger partial charge in [0.25, 0.3) is 0 Å². The van der Waals surface area contributed by atoms with Crippen molar-refractivity contribution in [3.63, 3.8) is 0 Å². The maximum atomic E-state index is 12.4. The van der Waals surface area contributed by atoms with E-state index in [-0.39, 0.29) is 5.91 Å². The minimum atomic E-state index is -0.258. The van der Waals surface area contributed by atoms with Crippen LogP contribution in [0.2, 0.25) is 5.02 Å². The van der Waals surface area contributed by atoms with Gasteiger partial charge in [-0.15, -0.1) is 0 Å². The van der Waals surface area contributed by atoms with Gasteiger partial charge < -0.3 is 14.2 Å². The van der Waals surface area contributed by atoms with E-state index in [1.807, 2.05) is 79.7 Å². The molecule has 2 heterocycles. The molecule has 4 nitrogen and oxygen atoms in total. The third-order valence-corrected chi connectivity index (χ3v) is 5.54. The first-order valence-electron chi connectivity index (χ1n) is 9.83. The average Bonchev–Trinajstić information content (AvgIpc) is 3.38. The predicted molar refractivity (Wildman–Crippen MR) is 125 cm³/mol. The van der Waals surface area contributed by atoms with Crippen molar-refractivity contribution >= 4 is 51.2 Å². The van der Waals surface area contributed by atoms with E-state index in [2.05, 4.69) is 5.32 Å². The lowest BCUT2D eigenvalue weighted by molar-refractivity contribution is -0.111. The summed E-state index contributed by atoms with van der Waals surface area (Å²) in [5.74, 6) is 1.01. The fraction of sp³-hybridized carbons (Fsp3) is 0.0385. The quantitative estimate of drug-likeness (QED) is 0.303. The van der Waals surface area contributed by atoms with Crippen LogP contribution in [-0.4, -0.2) is 5.91 Å². The molecule has 3 aromatic carbocycles. The van der Waals surface area contributed by atoms with Crippen LogP contribution in [0.4, 0.5) is 5.69 Å². The number of furan rings is 2. The molecular formula is C26H18ClNO3. The Hall–Kier alpha value is -3.76. The van der Waals surface area contributed by atoms with Gasteiger partial charge in [0.2, 0.25) is 5.91 Å². The summed E-state index contributed by atoms with van der Waals surface area (Å²) in [7, 11) is 0. The van der Waals surface area contributed by atoms with Gasteiger partial charge in [0.05, 0.1) is 0 Å². The summed E-state index contributed by atoms with van der Waals surface area (Å²) in [5, 5.41) is 5.61. The maximum absolute atomic E-state index is 12.4. The molecule has 5 aromatic rings. The predicted octanol–water partition coefficient (Wildman–Crippen LogP) is 7.46. The summed E-state index contributed by atoms with van der Waals surface area (Å²) in [6.07, 6.45) is 3.07. The highest BCUT2D eigenvalue weighted by Crippen LogP contribution is 2.30. The Morgan fingerprint density at radius 2 is 1.74 bits per heavy atom. The fourth-order valence-electron chi connectivity index (χ4n) is 3.49. The van der Waals surface area contributed by atoms with Crippen LogP contribution in [0.5, 0.6) is 0 Å². The topological polar surface area (TPSA) is 55.4 Å². The van der Waals surface area contributed by atoms with E-state index in [1.165, 1.54) is 6.08 Å². The molecule has 0 aliphatic heterocycles. The number of amides is 1. The molecule has 0 atom stereocenters. The van der Waals surface area contributed by atoms with Crippen molar-refractivity contribution in [2.75, 3.05) is 5.32 Å². The number of halogens is 1. The zero-order valence-electron chi connectivity index (χ0n) is 16.7. The first kappa shape index (κ1) is 19.2. The molecule has 0 saturated heterocycles. The molecule has 0 spiro atoms. The van der Waals surface area contributed by atoms with Gasteiger partial charge in [-0.3, -0.25) is 4.79 Å². The van der Waals surface area contributed by atoms with Gasteiger partial charge in [0.15, 0.2) is 0 Å². The standard InChI is InChI=1S/C26H18ClNO3/c1-16-6-7-17(14-22(16)27)23-12-9-19(30-23)10-13-26(29)28-18-8-11-21-20-4-2-3-5-24(20)31-25(21)15-18/h2-15H,1H3,(H,28,29)/b13-10+. The van der Waals surface area contributed by atoms with Gasteiger partial charge in [0.1, 0.15) is 22.7 Å². The van der Waals surface area contributed by atoms with Crippen LogP contribution >= 0.6 is 11.6 Å². The van der Waals surface area contributed by atoms with Crippen LogP contribution in [0.15, 0.2) is 87.7 Å². The lowest BCUT2D eigenvalue weighted by Gasteiger charge is -2.02. The number of carbonyl (C=O) groups is 1. The number of rotatable bonds is 4. The van der Waals surface area contributed by atoms with Gasteiger partial charge >= 0.3 is 0 Å². The molecule has 0 radical (unpaired) electrons. The second kappa shape index (κ2) is 7.82. The number of benzene rings is 3. The SMILES string of the molecule is Cc1ccc(-c2ccc(/C=C/C(=O)Nc3ccc4c(c3)oc3ccccc34)o2)cc1Cl. The Balaban J connectivity index is 1.30. The summed E-state index contributed by atoms with van der Waals surface area (Å²) >= 11 is 6.19. The molecule has 2 aromatic heterocycles. The van der Waals surface area contributed by atoms with Crippen molar-refractivity contribution in [3.05, 3.63) is 95.2 Å². The third kappa shape index (κ3) is 3.86. The highest BCUT2D eigenvalue weighted by molar-refractivity contribution is 6.31. The number of carbonyl (C=O) groups excluding carboxylic acids is 1. The number of nitrogens with one attached hydrogen (secondary N) is 1. The number of anilines is 1. The zero-order chi connectivity index (χ0) is 21.4. The third-order valence-electron chi connectivity index (χ3n) is 5.13. The second-order valence-electron chi connectivity index (χ2n) is 7.30. The van der Waals surface area contributed by atoms with Crippen molar-refractivity contribution < 1.29 is 13.6 Å². The molecule has 1 amide bonds. The molecule has 0 saturated carbocycles. The van der Waals surface area contributed by atoms with Crippen LogP contribution in [0.1, 0.15) is 11.3 Å². The Morgan fingerprint density at radius 1 is 0.903 bits per heavy atom. The largest absolute Gasteiger partial charge is 0.457 e. The molecule has 0 aliphatic rings. The molecule has 0 unspecified atom stereocenters. The summed E-state index contributed by atoms with van der Waals surface area (Å²) in [4.78, 5) is 12.4. The number of para-hydroxylation sites is 1. The molecule has 0 aliphatic carbocycles. The van der Waals surface area contributed by atoms with Crippen LogP contribution in [0.3, 0.4) is 0 Å². The van der Waals surface area contributed by atoms with Crippen LogP contribution in [-0.2, 0) is 4.79 Å². The summed E-state index contributed by atoms with van der Waals surface area (Å²) < 4.78 is 11.7. The molecule has 1 N–H and O–H groups in total. The Bertz CT molecular complexity index is 1460. The van der Waals surface area contributed by atoms with Gasteiger partial charge in [-0.2, -0.15) is 0 Å². The second-order valence-corrected chi connectivity index (χ2v) is 7.70. The molecule has 152 valence electrons. The van der Waals surface area contributed by atoms with Crippen LogP contribution in [0, 0.1) is 6.92 Å². The zero-order valence-corrected chi connectivity index (χ0v) is 17.4. The average molecular weight is 428 g/mol. The van der Waals surface area contributed by atoms with Gasteiger partial charge in [-0.25, -0.2) is 0 Å². The van der Waals surface area contributed by atoms with Crippen molar-refractivity contribution in [1.29, 1.82) is 0 Å². The van der Waals surface area contributed by atoms with E-state index in [0.29, 0.717) is 22.2 Å². The maximum Gasteiger partial charge on any atom is 0.248 e. The van der Waals surface area contributed by atoms with E-state index in [4.69, 9.17) is 20.4 Å². The van der Waals surface area contributed by atoms with Crippen LogP contribution in [0.25, 0.3) is 39.3 Å². The number of fused-ring (bicyclic) bond motifs is 3. The minimum Gasteiger partial charge on any atom is -0.457 e. The minimum absolute atomic E-state index is 0.258. The van der Waals surface area contributed by atoms with E-state index < -0.39 is 0 Å².